The number of hydrogen-bond donors (Lipinski definition) is 2. The van der Waals surface area contributed by atoms with Crippen molar-refractivity contribution < 1.29 is 9.50 Å². The molecule has 1 aromatic carbocycles. The van der Waals surface area contributed by atoms with Crippen molar-refractivity contribution in [3.63, 3.8) is 0 Å². The third-order valence-electron chi connectivity index (χ3n) is 2.59. The molecule has 0 amide bonds. The summed E-state index contributed by atoms with van der Waals surface area (Å²) in [5, 5.41) is 12.2. The van der Waals surface area contributed by atoms with E-state index in [-0.39, 0.29) is 12.4 Å². The number of nitrogens with one attached hydrogen (secondary N) is 1. The van der Waals surface area contributed by atoms with E-state index in [0.29, 0.717) is 24.8 Å². The second kappa shape index (κ2) is 6.57. The zero-order chi connectivity index (χ0) is 12.8. The topological polar surface area (TPSA) is 35.5 Å². The minimum Gasteiger partial charge on any atom is -0.395 e. The number of hydrogen-bond acceptors (Lipinski definition) is 3. The van der Waals surface area contributed by atoms with Crippen LogP contribution in [0.3, 0.4) is 0 Å². The van der Waals surface area contributed by atoms with Gasteiger partial charge in [-0.1, -0.05) is 26.0 Å². The molecule has 0 fully saturated rings. The Morgan fingerprint density at radius 1 is 1.41 bits per heavy atom. The Hall–Kier alpha value is -1.13. The van der Waals surface area contributed by atoms with E-state index >= 15 is 0 Å². The van der Waals surface area contributed by atoms with Gasteiger partial charge in [-0.15, -0.1) is 0 Å². The Balaban J connectivity index is 2.91. The molecule has 0 aliphatic rings. The van der Waals surface area contributed by atoms with Crippen LogP contribution in [-0.2, 0) is 6.54 Å². The van der Waals surface area contributed by atoms with Gasteiger partial charge in [-0.2, -0.15) is 0 Å². The van der Waals surface area contributed by atoms with Crippen LogP contribution >= 0.6 is 0 Å². The third-order valence-corrected chi connectivity index (χ3v) is 2.59. The molecule has 4 heteroatoms. The lowest BCUT2D eigenvalue weighted by molar-refractivity contribution is 0.303. The largest absolute Gasteiger partial charge is 0.395 e. The SMILES string of the molecule is CC(C)NCc1cccc(F)c1N(C)CCO. The summed E-state index contributed by atoms with van der Waals surface area (Å²) in [6.07, 6.45) is 0. The van der Waals surface area contributed by atoms with Crippen molar-refractivity contribution >= 4 is 5.69 Å². The van der Waals surface area contributed by atoms with Gasteiger partial charge in [0.05, 0.1) is 12.3 Å². The highest BCUT2D eigenvalue weighted by Gasteiger charge is 2.12. The lowest BCUT2D eigenvalue weighted by Gasteiger charge is -2.22. The van der Waals surface area contributed by atoms with Crippen LogP contribution in [0.15, 0.2) is 18.2 Å². The average Bonchev–Trinajstić information content (AvgIpc) is 2.26. The highest BCUT2D eigenvalue weighted by molar-refractivity contribution is 5.54. The van der Waals surface area contributed by atoms with Crippen LogP contribution in [0.4, 0.5) is 10.1 Å². The van der Waals surface area contributed by atoms with Gasteiger partial charge in [-0.25, -0.2) is 4.39 Å². The van der Waals surface area contributed by atoms with E-state index in [1.54, 1.807) is 18.0 Å². The Morgan fingerprint density at radius 2 is 2.12 bits per heavy atom. The molecule has 0 spiro atoms. The molecule has 0 aliphatic carbocycles. The maximum absolute atomic E-state index is 13.8. The number of halogens is 1. The van der Waals surface area contributed by atoms with Crippen LogP contribution in [-0.4, -0.2) is 31.3 Å². The van der Waals surface area contributed by atoms with E-state index in [0.717, 1.165) is 5.56 Å². The van der Waals surface area contributed by atoms with Crippen LogP contribution < -0.4 is 10.2 Å². The summed E-state index contributed by atoms with van der Waals surface area (Å²) in [5.74, 6) is -0.246. The molecule has 0 aliphatic heterocycles. The van der Waals surface area contributed by atoms with Crippen molar-refractivity contribution in [3.05, 3.63) is 29.6 Å². The standard InChI is InChI=1S/C13H21FN2O/c1-10(2)15-9-11-5-4-6-12(14)13(11)16(3)7-8-17/h4-6,10,15,17H,7-9H2,1-3H3. The quantitative estimate of drug-likeness (QED) is 0.795. The highest BCUT2D eigenvalue weighted by Crippen LogP contribution is 2.23. The Labute approximate surface area is 102 Å². The molecule has 0 atom stereocenters. The zero-order valence-corrected chi connectivity index (χ0v) is 10.7. The number of para-hydroxylation sites is 1. The van der Waals surface area contributed by atoms with Crippen LogP contribution in [0.25, 0.3) is 0 Å². The minimum atomic E-state index is -0.246. The molecule has 0 bridgehead atoms. The molecule has 0 saturated heterocycles. The number of aliphatic hydroxyl groups is 1. The lowest BCUT2D eigenvalue weighted by atomic mass is 10.1. The summed E-state index contributed by atoms with van der Waals surface area (Å²) >= 11 is 0. The fourth-order valence-corrected chi connectivity index (χ4v) is 1.71. The number of nitrogens with zero attached hydrogens (tertiary/aromatic N) is 1. The number of likely N-dealkylation sites (N-methyl/N-ethyl adjacent to an activating group) is 1. The molecule has 0 unspecified atom stereocenters. The van der Waals surface area contributed by atoms with Crippen LogP contribution in [0.1, 0.15) is 19.4 Å². The molecule has 96 valence electrons. The van der Waals surface area contributed by atoms with Gasteiger partial charge in [-0.3, -0.25) is 0 Å². The smallest absolute Gasteiger partial charge is 0.146 e. The fourth-order valence-electron chi connectivity index (χ4n) is 1.71. The number of benzene rings is 1. The number of anilines is 1. The molecule has 3 nitrogen and oxygen atoms in total. The molecule has 0 radical (unpaired) electrons. The summed E-state index contributed by atoms with van der Waals surface area (Å²) in [7, 11) is 1.79. The van der Waals surface area contributed by atoms with Crippen LogP contribution in [0.5, 0.6) is 0 Å². The predicted octanol–water partition coefficient (Wildman–Crippen LogP) is 1.75. The van der Waals surface area contributed by atoms with E-state index in [4.69, 9.17) is 5.11 Å². The first-order valence-corrected chi connectivity index (χ1v) is 5.89. The van der Waals surface area contributed by atoms with Gasteiger partial charge in [0.15, 0.2) is 0 Å². The molecule has 2 N–H and O–H groups in total. The Morgan fingerprint density at radius 3 is 2.71 bits per heavy atom. The second-order valence-corrected chi connectivity index (χ2v) is 4.43. The van der Waals surface area contributed by atoms with Gasteiger partial charge >= 0.3 is 0 Å². The first-order chi connectivity index (χ1) is 8.06. The molecule has 0 heterocycles. The van der Waals surface area contributed by atoms with Gasteiger partial charge in [0.1, 0.15) is 5.82 Å². The van der Waals surface area contributed by atoms with Crippen molar-refractivity contribution in [1.82, 2.24) is 5.32 Å². The van der Waals surface area contributed by atoms with E-state index in [2.05, 4.69) is 19.2 Å². The van der Waals surface area contributed by atoms with Crippen molar-refractivity contribution in [1.29, 1.82) is 0 Å². The predicted molar refractivity (Wildman–Crippen MR) is 68.7 cm³/mol. The van der Waals surface area contributed by atoms with Gasteiger partial charge in [0, 0.05) is 26.2 Å². The van der Waals surface area contributed by atoms with Gasteiger partial charge in [0.25, 0.3) is 0 Å². The van der Waals surface area contributed by atoms with E-state index in [9.17, 15) is 4.39 Å². The van der Waals surface area contributed by atoms with Crippen molar-refractivity contribution in [3.8, 4) is 0 Å². The minimum absolute atomic E-state index is 0.0158. The summed E-state index contributed by atoms with van der Waals surface area (Å²) in [6, 6.07) is 5.42. The van der Waals surface area contributed by atoms with Gasteiger partial charge in [-0.05, 0) is 11.6 Å². The maximum Gasteiger partial charge on any atom is 0.146 e. The molecular weight excluding hydrogens is 219 g/mol. The fraction of sp³-hybridized carbons (Fsp3) is 0.538. The highest BCUT2D eigenvalue weighted by atomic mass is 19.1. The van der Waals surface area contributed by atoms with E-state index < -0.39 is 0 Å². The lowest BCUT2D eigenvalue weighted by Crippen LogP contribution is -2.27. The first-order valence-electron chi connectivity index (χ1n) is 5.89. The maximum atomic E-state index is 13.8. The van der Waals surface area contributed by atoms with Crippen molar-refractivity contribution in [2.75, 3.05) is 25.1 Å². The third kappa shape index (κ3) is 3.98. The Kier molecular flexibility index (Phi) is 5.38. The average molecular weight is 240 g/mol. The van der Waals surface area contributed by atoms with Crippen molar-refractivity contribution in [2.45, 2.75) is 26.4 Å². The van der Waals surface area contributed by atoms with E-state index in [1.807, 2.05) is 6.07 Å². The van der Waals surface area contributed by atoms with Crippen LogP contribution in [0.2, 0.25) is 0 Å². The Bertz CT molecular complexity index is 355. The summed E-state index contributed by atoms with van der Waals surface area (Å²) in [5.41, 5.74) is 1.48. The first kappa shape index (κ1) is 13.9. The molecule has 0 aromatic heterocycles. The molecule has 1 aromatic rings. The molecule has 1 rings (SSSR count). The van der Waals surface area contributed by atoms with Crippen molar-refractivity contribution in [2.24, 2.45) is 0 Å². The summed E-state index contributed by atoms with van der Waals surface area (Å²) in [4.78, 5) is 1.74. The summed E-state index contributed by atoms with van der Waals surface area (Å²) in [6.45, 7) is 5.17. The number of rotatable bonds is 6. The van der Waals surface area contributed by atoms with E-state index in [1.165, 1.54) is 6.07 Å². The second-order valence-electron chi connectivity index (χ2n) is 4.43. The zero-order valence-electron chi connectivity index (χ0n) is 10.7. The molecule has 17 heavy (non-hydrogen) atoms. The van der Waals surface area contributed by atoms with Gasteiger partial charge < -0.3 is 15.3 Å². The van der Waals surface area contributed by atoms with Gasteiger partial charge in [0.2, 0.25) is 0 Å². The molecule has 0 saturated carbocycles. The molecular formula is C13H21FN2O. The normalized spacial score (nSPS) is 10.9. The monoisotopic (exact) mass is 240 g/mol. The van der Waals surface area contributed by atoms with Crippen LogP contribution in [0, 0.1) is 5.82 Å². The number of aliphatic hydroxyl groups excluding tert-OH is 1. The summed E-state index contributed by atoms with van der Waals surface area (Å²) < 4.78 is 13.8.